The second-order valence-corrected chi connectivity index (χ2v) is 5.84. The minimum atomic E-state index is -3.91. The summed E-state index contributed by atoms with van der Waals surface area (Å²) in [6, 6.07) is 6.25. The van der Waals surface area contributed by atoms with Gasteiger partial charge in [-0.15, -0.1) is 0 Å². The number of alkyl halides is 2. The molecule has 8 heteroatoms. The molecule has 0 radical (unpaired) electrons. The van der Waals surface area contributed by atoms with Crippen LogP contribution in [0, 0.1) is 0 Å². The molecule has 0 bridgehead atoms. The number of hydrogen-bond donors (Lipinski definition) is 1. The van der Waals surface area contributed by atoms with Crippen LogP contribution in [0.2, 0.25) is 5.02 Å². The molecule has 1 spiro atoms. The highest BCUT2D eigenvalue weighted by Crippen LogP contribution is 2.36. The number of ether oxygens (including phenoxy) is 2. The van der Waals surface area contributed by atoms with E-state index in [2.05, 4.69) is 5.32 Å². The van der Waals surface area contributed by atoms with Gasteiger partial charge in [0.15, 0.2) is 0 Å². The average Bonchev–Trinajstić information content (AvgIpc) is 2.68. The standard InChI is InChI=1S/C14H15ClF2N2O3/c15-10-2-1-3-11(6-10)19-8-13(7-18-4-5-21-9-13)22-14(16,17)12(19)20/h1-3,6,18H,4-5,7-9H2. The van der Waals surface area contributed by atoms with Gasteiger partial charge in [-0.25, -0.2) is 0 Å². The first-order chi connectivity index (χ1) is 10.4. The fourth-order valence-corrected chi connectivity index (χ4v) is 2.84. The van der Waals surface area contributed by atoms with Crippen LogP contribution in [0.1, 0.15) is 0 Å². The van der Waals surface area contributed by atoms with Gasteiger partial charge in [0.1, 0.15) is 5.60 Å². The molecule has 3 rings (SSSR count). The van der Waals surface area contributed by atoms with E-state index in [4.69, 9.17) is 21.1 Å². The van der Waals surface area contributed by atoms with Crippen LogP contribution in [0.5, 0.6) is 0 Å². The zero-order valence-electron chi connectivity index (χ0n) is 11.7. The van der Waals surface area contributed by atoms with E-state index in [-0.39, 0.29) is 19.7 Å². The average molecular weight is 333 g/mol. The molecule has 1 amide bonds. The third-order valence-electron chi connectivity index (χ3n) is 3.64. The largest absolute Gasteiger partial charge is 0.437 e. The molecule has 1 aromatic rings. The third kappa shape index (κ3) is 2.94. The van der Waals surface area contributed by atoms with Crippen LogP contribution >= 0.6 is 11.6 Å². The zero-order chi connectivity index (χ0) is 15.8. The van der Waals surface area contributed by atoms with Gasteiger partial charge in [-0.2, -0.15) is 8.78 Å². The molecule has 2 heterocycles. The molecule has 1 N–H and O–H groups in total. The van der Waals surface area contributed by atoms with Gasteiger partial charge >= 0.3 is 12.0 Å². The van der Waals surface area contributed by atoms with Crippen molar-refractivity contribution >= 4 is 23.2 Å². The lowest BCUT2D eigenvalue weighted by molar-refractivity contribution is -0.291. The Morgan fingerprint density at radius 1 is 1.36 bits per heavy atom. The molecule has 1 aromatic carbocycles. The number of amides is 1. The van der Waals surface area contributed by atoms with Crippen LogP contribution in [-0.4, -0.2) is 50.5 Å². The lowest BCUT2D eigenvalue weighted by Gasteiger charge is -2.44. The normalized spacial score (nSPS) is 28.7. The van der Waals surface area contributed by atoms with Gasteiger partial charge in [0, 0.05) is 23.8 Å². The molecule has 2 fully saturated rings. The van der Waals surface area contributed by atoms with E-state index in [1.54, 1.807) is 18.2 Å². The Morgan fingerprint density at radius 2 is 2.18 bits per heavy atom. The Bertz CT molecular complexity index is 577. The molecule has 0 aromatic heterocycles. The molecule has 0 saturated carbocycles. The van der Waals surface area contributed by atoms with Crippen molar-refractivity contribution in [3.05, 3.63) is 29.3 Å². The van der Waals surface area contributed by atoms with E-state index < -0.39 is 17.6 Å². The highest BCUT2D eigenvalue weighted by atomic mass is 35.5. The summed E-state index contributed by atoms with van der Waals surface area (Å²) in [6.07, 6.45) is -3.91. The predicted molar refractivity (Wildman–Crippen MR) is 76.3 cm³/mol. The summed E-state index contributed by atoms with van der Waals surface area (Å²) in [7, 11) is 0. The van der Waals surface area contributed by atoms with Crippen molar-refractivity contribution in [3.8, 4) is 0 Å². The van der Waals surface area contributed by atoms with Crippen molar-refractivity contribution < 1.29 is 23.0 Å². The molecule has 2 aliphatic heterocycles. The highest BCUT2D eigenvalue weighted by Gasteiger charge is 2.57. The van der Waals surface area contributed by atoms with Crippen molar-refractivity contribution in [1.82, 2.24) is 5.32 Å². The van der Waals surface area contributed by atoms with E-state index in [9.17, 15) is 13.6 Å². The van der Waals surface area contributed by atoms with Crippen LogP contribution in [0.25, 0.3) is 0 Å². The number of nitrogens with zero attached hydrogens (tertiary/aromatic N) is 1. The number of morpholine rings is 1. The minimum Gasteiger partial charge on any atom is -0.377 e. The van der Waals surface area contributed by atoms with Gasteiger partial charge in [0.25, 0.3) is 0 Å². The molecule has 2 saturated heterocycles. The van der Waals surface area contributed by atoms with E-state index in [1.165, 1.54) is 6.07 Å². The van der Waals surface area contributed by atoms with Crippen LogP contribution < -0.4 is 10.2 Å². The highest BCUT2D eigenvalue weighted by molar-refractivity contribution is 6.30. The number of anilines is 1. The molecule has 22 heavy (non-hydrogen) atoms. The van der Waals surface area contributed by atoms with Crippen molar-refractivity contribution in [2.75, 3.05) is 37.7 Å². The van der Waals surface area contributed by atoms with Gasteiger partial charge in [0.05, 0.1) is 19.8 Å². The number of nitrogens with one attached hydrogen (secondary N) is 1. The third-order valence-corrected chi connectivity index (χ3v) is 3.88. The van der Waals surface area contributed by atoms with Gasteiger partial charge in [-0.3, -0.25) is 4.79 Å². The molecule has 120 valence electrons. The summed E-state index contributed by atoms with van der Waals surface area (Å²) in [5.74, 6) is -1.40. The number of rotatable bonds is 1. The number of carbonyl (C=O) groups is 1. The summed E-state index contributed by atoms with van der Waals surface area (Å²) in [6.45, 7) is 1.07. The number of benzene rings is 1. The summed E-state index contributed by atoms with van der Waals surface area (Å²) in [5.41, 5.74) is -0.986. The molecular weight excluding hydrogens is 318 g/mol. The van der Waals surface area contributed by atoms with Crippen LogP contribution in [-0.2, 0) is 14.3 Å². The van der Waals surface area contributed by atoms with Gasteiger partial charge < -0.3 is 19.7 Å². The zero-order valence-corrected chi connectivity index (χ0v) is 12.4. The Hall–Kier alpha value is -1.28. The maximum Gasteiger partial charge on any atom is 0.437 e. The first-order valence-electron chi connectivity index (χ1n) is 6.86. The lowest BCUT2D eigenvalue weighted by Crippen LogP contribution is -2.66. The van der Waals surface area contributed by atoms with Gasteiger partial charge in [0.2, 0.25) is 0 Å². The Labute approximate surface area is 131 Å². The van der Waals surface area contributed by atoms with Crippen molar-refractivity contribution in [2.45, 2.75) is 11.7 Å². The van der Waals surface area contributed by atoms with Gasteiger partial charge in [-0.1, -0.05) is 17.7 Å². The predicted octanol–water partition coefficient (Wildman–Crippen LogP) is 1.65. The molecule has 1 atom stereocenters. The van der Waals surface area contributed by atoms with Crippen LogP contribution in [0.4, 0.5) is 14.5 Å². The first-order valence-corrected chi connectivity index (χ1v) is 7.24. The summed E-state index contributed by atoms with van der Waals surface area (Å²) >= 11 is 5.89. The smallest absolute Gasteiger partial charge is 0.377 e. The maximum atomic E-state index is 14.1. The van der Waals surface area contributed by atoms with E-state index in [1.807, 2.05) is 0 Å². The number of carbonyl (C=O) groups excluding carboxylic acids is 1. The molecule has 1 unspecified atom stereocenters. The summed E-state index contributed by atoms with van der Waals surface area (Å²) in [5, 5.41) is 3.36. The van der Waals surface area contributed by atoms with E-state index in [0.29, 0.717) is 23.9 Å². The van der Waals surface area contributed by atoms with Crippen LogP contribution in [0.15, 0.2) is 24.3 Å². The SMILES string of the molecule is O=C1N(c2cccc(Cl)c2)CC2(CNCCOC2)OC1(F)F. The number of halogens is 3. The first kappa shape index (κ1) is 15.6. The molecular formula is C14H15ClF2N2O3. The Kier molecular flexibility index (Phi) is 4.07. The van der Waals surface area contributed by atoms with Crippen molar-refractivity contribution in [3.63, 3.8) is 0 Å². The Morgan fingerprint density at radius 3 is 2.95 bits per heavy atom. The van der Waals surface area contributed by atoms with E-state index in [0.717, 1.165) is 4.90 Å². The monoisotopic (exact) mass is 332 g/mol. The fourth-order valence-electron chi connectivity index (χ4n) is 2.65. The van der Waals surface area contributed by atoms with Crippen LogP contribution in [0.3, 0.4) is 0 Å². The Balaban J connectivity index is 1.96. The van der Waals surface area contributed by atoms with Gasteiger partial charge in [-0.05, 0) is 18.2 Å². The topological polar surface area (TPSA) is 50.8 Å². The van der Waals surface area contributed by atoms with Crippen molar-refractivity contribution in [1.29, 1.82) is 0 Å². The van der Waals surface area contributed by atoms with E-state index >= 15 is 0 Å². The second-order valence-electron chi connectivity index (χ2n) is 5.40. The number of hydrogen-bond acceptors (Lipinski definition) is 4. The summed E-state index contributed by atoms with van der Waals surface area (Å²) in [4.78, 5) is 13.0. The minimum absolute atomic E-state index is 0.0140. The molecule has 0 aliphatic carbocycles. The van der Waals surface area contributed by atoms with Crippen molar-refractivity contribution in [2.24, 2.45) is 0 Å². The maximum absolute atomic E-state index is 14.1. The second kappa shape index (κ2) is 5.73. The quantitative estimate of drug-likeness (QED) is 0.849. The lowest BCUT2D eigenvalue weighted by atomic mass is 10.0. The fraction of sp³-hybridized carbons (Fsp3) is 0.500. The molecule has 5 nitrogen and oxygen atoms in total. The molecule has 2 aliphatic rings. The summed E-state index contributed by atoms with van der Waals surface area (Å²) < 4.78 is 38.3.